The number of ether oxygens (including phenoxy) is 2. The maximum atomic E-state index is 14.0. The Kier molecular flexibility index (Phi) is 4.57. The summed E-state index contributed by atoms with van der Waals surface area (Å²) in [5.74, 6) is -2.50. The van der Waals surface area contributed by atoms with Gasteiger partial charge in [-0.25, -0.2) is 13.2 Å². The molecule has 4 rings (SSSR count). The Hall–Kier alpha value is -2.87. The van der Waals surface area contributed by atoms with E-state index in [-0.39, 0.29) is 23.6 Å². The van der Waals surface area contributed by atoms with Gasteiger partial charge in [-0.05, 0) is 18.2 Å². The Morgan fingerprint density at radius 2 is 1.96 bits per heavy atom. The van der Waals surface area contributed by atoms with Crippen LogP contribution in [0.4, 0.5) is 13.2 Å². The predicted octanol–water partition coefficient (Wildman–Crippen LogP) is 3.03. The third-order valence-electron chi connectivity index (χ3n) is 4.45. The van der Waals surface area contributed by atoms with E-state index in [2.05, 4.69) is 4.98 Å². The fraction of sp³-hybridized carbons (Fsp3) is 0.263. The van der Waals surface area contributed by atoms with Crippen LogP contribution in [0.5, 0.6) is 5.75 Å². The van der Waals surface area contributed by atoms with Crippen LogP contribution in [-0.4, -0.2) is 28.9 Å². The first-order valence-electron chi connectivity index (χ1n) is 8.38. The number of aromatic nitrogens is 2. The number of nitrogens with zero attached hydrogens (tertiary/aromatic N) is 2. The van der Waals surface area contributed by atoms with Gasteiger partial charge in [0.25, 0.3) is 5.56 Å². The Balaban J connectivity index is 1.72. The van der Waals surface area contributed by atoms with Gasteiger partial charge in [-0.2, -0.15) is 4.98 Å². The van der Waals surface area contributed by atoms with E-state index in [4.69, 9.17) is 9.47 Å². The maximum absolute atomic E-state index is 14.0. The van der Waals surface area contributed by atoms with Gasteiger partial charge in [0.1, 0.15) is 29.3 Å². The van der Waals surface area contributed by atoms with Gasteiger partial charge in [-0.3, -0.25) is 4.79 Å². The lowest BCUT2D eigenvalue weighted by atomic mass is 10.1. The van der Waals surface area contributed by atoms with Gasteiger partial charge in [-0.15, -0.1) is 0 Å². The van der Waals surface area contributed by atoms with Gasteiger partial charge >= 0.3 is 0 Å². The molecule has 1 atom stereocenters. The smallest absolute Gasteiger partial charge is 0.280 e. The molecule has 0 saturated carbocycles. The molecule has 1 saturated heterocycles. The molecular formula is C19H15F3N2O3. The Labute approximate surface area is 152 Å². The van der Waals surface area contributed by atoms with E-state index in [1.54, 1.807) is 18.2 Å². The van der Waals surface area contributed by atoms with Gasteiger partial charge in [0, 0.05) is 24.1 Å². The zero-order chi connectivity index (χ0) is 19.0. The SMILES string of the molecule is O=c1ncn(Cc2c(F)cc(F)cc2F)c2ccc(OC3CCOC3)cc12. The molecule has 0 N–H and O–H groups in total. The molecule has 0 amide bonds. The Morgan fingerprint density at radius 1 is 1.19 bits per heavy atom. The number of halogens is 3. The van der Waals surface area contributed by atoms with Crippen LogP contribution in [0.15, 0.2) is 41.5 Å². The van der Waals surface area contributed by atoms with Crippen LogP contribution in [0.1, 0.15) is 12.0 Å². The summed E-state index contributed by atoms with van der Waals surface area (Å²) < 4.78 is 53.5. The highest BCUT2D eigenvalue weighted by molar-refractivity contribution is 5.79. The highest BCUT2D eigenvalue weighted by Crippen LogP contribution is 2.23. The quantitative estimate of drug-likeness (QED) is 0.703. The molecule has 0 radical (unpaired) electrons. The average Bonchev–Trinajstić information content (AvgIpc) is 3.13. The normalized spacial score (nSPS) is 16.8. The van der Waals surface area contributed by atoms with Gasteiger partial charge in [0.15, 0.2) is 0 Å². The standard InChI is InChI=1S/C19H15F3N2O3/c20-11-5-16(21)15(17(22)6-11)8-24-10-23-19(25)14-7-12(1-2-18(14)24)27-13-3-4-26-9-13/h1-2,5-7,10,13H,3-4,8-9H2. The van der Waals surface area contributed by atoms with Gasteiger partial charge < -0.3 is 14.0 Å². The van der Waals surface area contributed by atoms with Crippen molar-refractivity contribution in [2.24, 2.45) is 0 Å². The molecule has 1 aliphatic rings. The minimum Gasteiger partial charge on any atom is -0.488 e. The van der Waals surface area contributed by atoms with Gasteiger partial charge in [-0.1, -0.05) is 0 Å². The van der Waals surface area contributed by atoms with Crippen LogP contribution in [0.2, 0.25) is 0 Å². The van der Waals surface area contributed by atoms with Gasteiger partial charge in [0.05, 0.1) is 37.0 Å². The summed E-state index contributed by atoms with van der Waals surface area (Å²) in [6.07, 6.45) is 1.89. The van der Waals surface area contributed by atoms with E-state index in [0.717, 1.165) is 6.42 Å². The molecular weight excluding hydrogens is 361 g/mol. The van der Waals surface area contributed by atoms with Crippen LogP contribution < -0.4 is 10.3 Å². The Morgan fingerprint density at radius 3 is 2.67 bits per heavy atom. The number of hydrogen-bond donors (Lipinski definition) is 0. The fourth-order valence-corrected chi connectivity index (χ4v) is 3.08. The first-order valence-corrected chi connectivity index (χ1v) is 8.38. The van der Waals surface area contributed by atoms with Crippen LogP contribution in [0.3, 0.4) is 0 Å². The van der Waals surface area contributed by atoms with Crippen molar-refractivity contribution >= 4 is 10.9 Å². The van der Waals surface area contributed by atoms with E-state index in [1.165, 1.54) is 10.9 Å². The summed E-state index contributed by atoms with van der Waals surface area (Å²) >= 11 is 0. The van der Waals surface area contributed by atoms with Crippen molar-refractivity contribution in [2.75, 3.05) is 13.2 Å². The molecule has 3 aromatic rings. The third kappa shape index (κ3) is 3.52. The number of benzene rings is 2. The van der Waals surface area contributed by atoms with Gasteiger partial charge in [0.2, 0.25) is 0 Å². The second-order valence-corrected chi connectivity index (χ2v) is 6.31. The molecule has 0 aliphatic carbocycles. The van der Waals surface area contributed by atoms with Crippen molar-refractivity contribution < 1.29 is 22.6 Å². The summed E-state index contributed by atoms with van der Waals surface area (Å²) in [5, 5.41) is 0.261. The molecule has 0 spiro atoms. The second-order valence-electron chi connectivity index (χ2n) is 6.31. The maximum Gasteiger partial charge on any atom is 0.280 e. The lowest BCUT2D eigenvalue weighted by molar-refractivity contribution is 0.141. The first kappa shape index (κ1) is 17.5. The second kappa shape index (κ2) is 7.03. The topological polar surface area (TPSA) is 53.4 Å². The average molecular weight is 376 g/mol. The van der Waals surface area contributed by atoms with Crippen molar-refractivity contribution in [1.29, 1.82) is 0 Å². The zero-order valence-electron chi connectivity index (χ0n) is 14.1. The van der Waals surface area contributed by atoms with Crippen LogP contribution in [-0.2, 0) is 11.3 Å². The van der Waals surface area contributed by atoms with Crippen molar-refractivity contribution in [2.45, 2.75) is 19.1 Å². The zero-order valence-corrected chi connectivity index (χ0v) is 14.1. The van der Waals surface area contributed by atoms with E-state index in [9.17, 15) is 18.0 Å². The van der Waals surface area contributed by atoms with E-state index < -0.39 is 23.0 Å². The number of rotatable bonds is 4. The minimum absolute atomic E-state index is 0.0799. The molecule has 2 aromatic carbocycles. The molecule has 140 valence electrons. The van der Waals surface area contributed by atoms with E-state index in [1.807, 2.05) is 0 Å². The van der Waals surface area contributed by atoms with Crippen molar-refractivity contribution in [3.63, 3.8) is 0 Å². The van der Waals surface area contributed by atoms with Crippen molar-refractivity contribution in [3.8, 4) is 5.75 Å². The van der Waals surface area contributed by atoms with E-state index in [0.29, 0.717) is 36.6 Å². The molecule has 1 aromatic heterocycles. The molecule has 1 unspecified atom stereocenters. The lowest BCUT2D eigenvalue weighted by Gasteiger charge is -2.14. The summed E-state index contributed by atoms with van der Waals surface area (Å²) in [6.45, 7) is 0.873. The molecule has 5 nitrogen and oxygen atoms in total. The largest absolute Gasteiger partial charge is 0.488 e. The molecule has 1 fully saturated rings. The molecule has 8 heteroatoms. The van der Waals surface area contributed by atoms with Crippen LogP contribution in [0, 0.1) is 17.5 Å². The summed E-state index contributed by atoms with van der Waals surface area (Å²) in [5.41, 5.74) is -0.353. The first-order chi connectivity index (χ1) is 13.0. The van der Waals surface area contributed by atoms with Crippen LogP contribution in [0.25, 0.3) is 10.9 Å². The molecule has 27 heavy (non-hydrogen) atoms. The number of hydrogen-bond acceptors (Lipinski definition) is 4. The van der Waals surface area contributed by atoms with E-state index >= 15 is 0 Å². The third-order valence-corrected chi connectivity index (χ3v) is 4.45. The highest BCUT2D eigenvalue weighted by Gasteiger charge is 2.18. The monoisotopic (exact) mass is 376 g/mol. The molecule has 2 heterocycles. The highest BCUT2D eigenvalue weighted by atomic mass is 19.1. The summed E-state index contributed by atoms with van der Waals surface area (Å²) in [6, 6.07) is 6.09. The van der Waals surface area contributed by atoms with Crippen LogP contribution >= 0.6 is 0 Å². The molecule has 1 aliphatic heterocycles. The van der Waals surface area contributed by atoms with Crippen molar-refractivity contribution in [3.05, 3.63) is 70.0 Å². The van der Waals surface area contributed by atoms with Crippen molar-refractivity contribution in [1.82, 2.24) is 9.55 Å². The Bertz CT molecular complexity index is 1040. The molecule has 0 bridgehead atoms. The summed E-state index contributed by atoms with van der Waals surface area (Å²) in [7, 11) is 0. The lowest BCUT2D eigenvalue weighted by Crippen LogP contribution is -2.17. The number of fused-ring (bicyclic) bond motifs is 1. The predicted molar refractivity (Wildman–Crippen MR) is 91.3 cm³/mol. The minimum atomic E-state index is -1.000. The summed E-state index contributed by atoms with van der Waals surface area (Å²) in [4.78, 5) is 15.9. The fourth-order valence-electron chi connectivity index (χ4n) is 3.08.